The summed E-state index contributed by atoms with van der Waals surface area (Å²) in [5.41, 5.74) is 2.57. The number of ether oxygens (including phenoxy) is 1. The van der Waals surface area contributed by atoms with Crippen LogP contribution in [-0.4, -0.2) is 49.2 Å². The molecule has 0 amide bonds. The van der Waals surface area contributed by atoms with Crippen LogP contribution < -0.4 is 9.54 Å². The molecule has 0 saturated carbocycles. The molecule has 7 nitrogen and oxygen atoms in total. The molecule has 1 aromatic heterocycles. The molecule has 1 aliphatic rings. The highest BCUT2D eigenvalue weighted by Gasteiger charge is 2.25. The largest absolute Gasteiger partial charge is 0.494 e. The number of aliphatic hydroxyl groups excluding tert-OH is 1. The highest BCUT2D eigenvalue weighted by molar-refractivity contribution is 7.89. The first-order valence-electron chi connectivity index (χ1n) is 11.1. The maximum atomic E-state index is 13.0. The molecule has 1 fully saturated rings. The third kappa shape index (κ3) is 5.22. The van der Waals surface area contributed by atoms with Crippen LogP contribution in [0.25, 0.3) is 11.3 Å². The number of aliphatic hydroxyl groups is 1. The van der Waals surface area contributed by atoms with E-state index in [0.717, 1.165) is 41.0 Å². The number of rotatable bonds is 8. The Morgan fingerprint density at radius 2 is 1.79 bits per heavy atom. The Morgan fingerprint density at radius 1 is 1.06 bits per heavy atom. The lowest BCUT2D eigenvalue weighted by molar-refractivity contribution is 0.279. The Morgan fingerprint density at radius 3 is 2.48 bits per heavy atom. The van der Waals surface area contributed by atoms with Crippen molar-refractivity contribution >= 4 is 27.0 Å². The van der Waals surface area contributed by atoms with Crippen molar-refractivity contribution in [2.24, 2.45) is 4.99 Å². The molecule has 3 aromatic rings. The molecule has 0 bridgehead atoms. The lowest BCUT2D eigenvalue weighted by atomic mass is 10.2. The summed E-state index contributed by atoms with van der Waals surface area (Å²) in [5, 5.41) is 11.4. The van der Waals surface area contributed by atoms with E-state index in [2.05, 4.69) is 4.57 Å². The molecule has 176 valence electrons. The molecule has 33 heavy (non-hydrogen) atoms. The Labute approximate surface area is 198 Å². The molecule has 9 heteroatoms. The normalized spacial score (nSPS) is 15.6. The summed E-state index contributed by atoms with van der Waals surface area (Å²) in [6, 6.07) is 14.6. The first-order chi connectivity index (χ1) is 16.0. The first-order valence-corrected chi connectivity index (χ1v) is 13.4. The molecule has 0 atom stereocenters. The SMILES string of the molecule is COc1ccccc1N=c1scc(-c2ccc(S(=O)(=O)N3CCCCC3)cc2)n1CCCO. The van der Waals surface area contributed by atoms with Crippen molar-refractivity contribution in [3.8, 4) is 17.0 Å². The van der Waals surface area contributed by atoms with Gasteiger partial charge in [0, 0.05) is 31.6 Å². The number of aromatic nitrogens is 1. The predicted octanol–water partition coefficient (Wildman–Crippen LogP) is 4.01. The molecule has 1 saturated heterocycles. The van der Waals surface area contributed by atoms with Crippen LogP contribution in [0, 0.1) is 0 Å². The zero-order valence-electron chi connectivity index (χ0n) is 18.7. The highest BCUT2D eigenvalue weighted by Crippen LogP contribution is 2.28. The van der Waals surface area contributed by atoms with Crippen LogP contribution in [0.1, 0.15) is 25.7 Å². The summed E-state index contributed by atoms with van der Waals surface area (Å²) in [6.07, 6.45) is 3.49. The van der Waals surface area contributed by atoms with Crippen molar-refractivity contribution < 1.29 is 18.3 Å². The van der Waals surface area contributed by atoms with Crippen molar-refractivity contribution in [2.45, 2.75) is 37.1 Å². The van der Waals surface area contributed by atoms with Gasteiger partial charge in [-0.25, -0.2) is 13.4 Å². The van der Waals surface area contributed by atoms with Crippen LogP contribution in [0.15, 0.2) is 63.8 Å². The van der Waals surface area contributed by atoms with E-state index in [4.69, 9.17) is 9.73 Å². The Balaban J connectivity index is 1.69. The van der Waals surface area contributed by atoms with Crippen LogP contribution in [0.2, 0.25) is 0 Å². The average molecular weight is 488 g/mol. The molecule has 2 heterocycles. The lowest BCUT2D eigenvalue weighted by Crippen LogP contribution is -2.35. The smallest absolute Gasteiger partial charge is 0.243 e. The van der Waals surface area contributed by atoms with Crippen molar-refractivity contribution in [1.29, 1.82) is 0 Å². The summed E-state index contributed by atoms with van der Waals surface area (Å²) in [7, 11) is -1.85. The molecule has 0 aliphatic carbocycles. The number of sulfonamides is 1. The van der Waals surface area contributed by atoms with Gasteiger partial charge in [-0.15, -0.1) is 11.3 Å². The van der Waals surface area contributed by atoms with E-state index in [0.29, 0.717) is 36.7 Å². The van der Waals surface area contributed by atoms with Crippen molar-refractivity contribution in [1.82, 2.24) is 8.87 Å². The monoisotopic (exact) mass is 487 g/mol. The predicted molar refractivity (Wildman–Crippen MR) is 130 cm³/mol. The molecule has 4 rings (SSSR count). The fourth-order valence-corrected chi connectivity index (χ4v) is 6.44. The van der Waals surface area contributed by atoms with Gasteiger partial charge < -0.3 is 14.4 Å². The van der Waals surface area contributed by atoms with E-state index >= 15 is 0 Å². The summed E-state index contributed by atoms with van der Waals surface area (Å²) in [4.78, 5) is 5.91. The number of hydrogen-bond donors (Lipinski definition) is 1. The van der Waals surface area contributed by atoms with Crippen LogP contribution >= 0.6 is 11.3 Å². The molecular formula is C24H29N3O4S2. The average Bonchev–Trinajstić information content (AvgIpc) is 3.25. The van der Waals surface area contributed by atoms with Gasteiger partial charge in [0.05, 0.1) is 17.7 Å². The molecule has 1 aliphatic heterocycles. The molecule has 0 unspecified atom stereocenters. The van der Waals surface area contributed by atoms with Gasteiger partial charge in [-0.3, -0.25) is 0 Å². The number of benzene rings is 2. The van der Waals surface area contributed by atoms with Crippen molar-refractivity contribution in [3.63, 3.8) is 0 Å². The van der Waals surface area contributed by atoms with Crippen molar-refractivity contribution in [3.05, 3.63) is 58.7 Å². The Bertz CT molecular complexity index is 1240. The molecule has 1 N–H and O–H groups in total. The van der Waals surface area contributed by atoms with Gasteiger partial charge in [-0.1, -0.05) is 30.7 Å². The van der Waals surface area contributed by atoms with Crippen molar-refractivity contribution in [2.75, 3.05) is 26.8 Å². The van der Waals surface area contributed by atoms with E-state index in [1.165, 1.54) is 11.3 Å². The second-order valence-corrected chi connectivity index (χ2v) is 10.7. The Kier molecular flexibility index (Phi) is 7.64. The minimum atomic E-state index is -3.46. The molecule has 0 radical (unpaired) electrons. The number of methoxy groups -OCH3 is 1. The Hall–Kier alpha value is -2.46. The van der Waals surface area contributed by atoms with E-state index in [9.17, 15) is 13.5 Å². The van der Waals surface area contributed by atoms with E-state index < -0.39 is 10.0 Å². The number of piperidine rings is 1. The lowest BCUT2D eigenvalue weighted by Gasteiger charge is -2.25. The van der Waals surface area contributed by atoms with E-state index in [1.807, 2.05) is 41.8 Å². The van der Waals surface area contributed by atoms with Gasteiger partial charge in [0.15, 0.2) is 4.80 Å². The van der Waals surface area contributed by atoms with Crippen LogP contribution in [0.3, 0.4) is 0 Å². The maximum Gasteiger partial charge on any atom is 0.243 e. The molecular weight excluding hydrogens is 458 g/mol. The van der Waals surface area contributed by atoms with Crippen LogP contribution in [-0.2, 0) is 16.6 Å². The zero-order valence-corrected chi connectivity index (χ0v) is 20.3. The van der Waals surface area contributed by atoms with Crippen LogP contribution in [0.5, 0.6) is 5.75 Å². The third-order valence-electron chi connectivity index (χ3n) is 5.74. The van der Waals surface area contributed by atoms with Gasteiger partial charge in [-0.05, 0) is 49.1 Å². The number of nitrogens with zero attached hydrogens (tertiary/aromatic N) is 3. The van der Waals surface area contributed by atoms with E-state index in [1.54, 1.807) is 23.5 Å². The molecule has 0 spiro atoms. The highest BCUT2D eigenvalue weighted by atomic mass is 32.2. The third-order valence-corrected chi connectivity index (χ3v) is 8.52. The maximum absolute atomic E-state index is 13.0. The van der Waals surface area contributed by atoms with Gasteiger partial charge in [0.25, 0.3) is 0 Å². The summed E-state index contributed by atoms with van der Waals surface area (Å²) >= 11 is 1.50. The number of hydrogen-bond acceptors (Lipinski definition) is 6. The second kappa shape index (κ2) is 10.6. The summed E-state index contributed by atoms with van der Waals surface area (Å²) in [5.74, 6) is 0.688. The number of thiazole rings is 1. The van der Waals surface area contributed by atoms with Gasteiger partial charge in [-0.2, -0.15) is 4.31 Å². The minimum Gasteiger partial charge on any atom is -0.494 e. The quantitative estimate of drug-likeness (QED) is 0.520. The van der Waals surface area contributed by atoms with Gasteiger partial charge in [0.1, 0.15) is 11.4 Å². The molecule has 2 aromatic carbocycles. The minimum absolute atomic E-state index is 0.0728. The first kappa shape index (κ1) is 23.7. The number of para-hydroxylation sites is 2. The summed E-state index contributed by atoms with van der Waals surface area (Å²) < 4.78 is 35.0. The topological polar surface area (TPSA) is 84.1 Å². The van der Waals surface area contributed by atoms with Crippen LogP contribution in [0.4, 0.5) is 5.69 Å². The van der Waals surface area contributed by atoms with Gasteiger partial charge >= 0.3 is 0 Å². The second-order valence-electron chi connectivity index (χ2n) is 7.91. The standard InChI is InChI=1S/C24H29N3O4S2/c1-31-23-9-4-3-8-21(23)25-24-27(16-7-17-28)22(18-32-24)19-10-12-20(13-11-19)33(29,30)26-14-5-2-6-15-26/h3-4,8-13,18,28H,2,5-7,14-17H2,1H3. The summed E-state index contributed by atoms with van der Waals surface area (Å²) in [6.45, 7) is 1.84. The van der Waals surface area contributed by atoms with E-state index in [-0.39, 0.29) is 6.61 Å². The fraction of sp³-hybridized carbons (Fsp3) is 0.375. The fourth-order valence-electron chi connectivity index (χ4n) is 3.97. The van der Waals surface area contributed by atoms with Gasteiger partial charge in [0.2, 0.25) is 10.0 Å². The zero-order chi connectivity index (χ0) is 23.3.